The Bertz CT molecular complexity index is 2350. The summed E-state index contributed by atoms with van der Waals surface area (Å²) in [5.74, 6) is -1.01. The molecule has 1 spiro atoms. The van der Waals surface area contributed by atoms with E-state index in [1.807, 2.05) is 64.1 Å². The molecule has 2 bridgehead atoms. The topological polar surface area (TPSA) is 156 Å². The average molecular weight is 777 g/mol. The Morgan fingerprint density at radius 1 is 0.807 bits per heavy atom. The Labute approximate surface area is 332 Å². The summed E-state index contributed by atoms with van der Waals surface area (Å²) in [4.78, 5) is 21.0. The Balaban J connectivity index is 0.913. The van der Waals surface area contributed by atoms with Gasteiger partial charge in [0, 0.05) is 41.4 Å². The second-order valence-electron chi connectivity index (χ2n) is 18.6. The fourth-order valence-corrected chi connectivity index (χ4v) is 10.6. The second-order valence-corrected chi connectivity index (χ2v) is 18.6. The monoisotopic (exact) mass is 776 g/mol. The van der Waals surface area contributed by atoms with Gasteiger partial charge in [0.25, 0.3) is 5.92 Å². The molecule has 2 aromatic heterocycles. The van der Waals surface area contributed by atoms with Crippen LogP contribution in [0.25, 0.3) is 44.5 Å². The SMILES string of the molecule is CC(C)[C@H](N)C(O)N1CC2(CC2)C[C@H]1c1ncc(-c2ccc3c(c2)C(F)(F)c2cc(-c4ccc5nc([C@@H]6[C@H]7CC[C@H](C7)N6C(O)[C@@H](N)C(C)C)[nH]c5c4)ccc2-3)[nH]1. The van der Waals surface area contributed by atoms with Crippen molar-refractivity contribution in [3.63, 3.8) is 0 Å². The van der Waals surface area contributed by atoms with Crippen LogP contribution in [-0.4, -0.2) is 77.1 Å². The number of likely N-dealkylation sites (tertiary alicyclic amines) is 2. The molecular formula is C45H54F2N8O2. The lowest BCUT2D eigenvalue weighted by Gasteiger charge is -2.40. The summed E-state index contributed by atoms with van der Waals surface area (Å²) in [7, 11) is 0. The van der Waals surface area contributed by atoms with Crippen molar-refractivity contribution in [2.24, 2.45) is 34.6 Å². The van der Waals surface area contributed by atoms with Gasteiger partial charge in [0.2, 0.25) is 0 Å². The highest BCUT2D eigenvalue weighted by Crippen LogP contribution is 2.59. The number of H-pyrrole nitrogens is 2. The number of halogens is 2. The molecule has 12 heteroatoms. The van der Waals surface area contributed by atoms with E-state index in [0.29, 0.717) is 33.9 Å². The molecule has 8 atom stereocenters. The third-order valence-electron chi connectivity index (χ3n) is 14.4. The van der Waals surface area contributed by atoms with E-state index in [-0.39, 0.29) is 52.5 Å². The van der Waals surface area contributed by atoms with Crippen LogP contribution >= 0.6 is 0 Å². The number of aliphatic hydroxyl groups excluding tert-OH is 2. The molecule has 2 saturated heterocycles. The standard InChI is InChI=1S/C45H54F2N8O2/c1-22(2)37(48)42(56)54-21-44(13-14-44)19-36(54)40-50-20-35(53-40)26-7-11-30-29-10-6-24(16-31(29)45(46,47)32(30)17-26)25-8-12-33-34(18-25)52-41(51-33)39-27-5-9-28(15-27)55(39)43(57)38(49)23(3)4/h6-8,10-12,16-18,20,22-23,27-28,36-39,42-43,56-57H,5,9,13-15,19,21,48-49H2,1-4H3,(H,50,53)(H,51,52)/t27-,28+,36-,37-,38-,39-,42?,43?/m0/s1. The van der Waals surface area contributed by atoms with Crippen LogP contribution in [0.4, 0.5) is 8.78 Å². The van der Waals surface area contributed by atoms with E-state index < -0.39 is 24.4 Å². The number of benzene rings is 3. The second kappa shape index (κ2) is 13.2. The van der Waals surface area contributed by atoms with Gasteiger partial charge in [-0.05, 0) is 108 Å². The van der Waals surface area contributed by atoms with Gasteiger partial charge >= 0.3 is 0 Å². The lowest BCUT2D eigenvalue weighted by atomic mass is 9.95. The summed E-state index contributed by atoms with van der Waals surface area (Å²) in [5.41, 5.74) is 18.5. The van der Waals surface area contributed by atoms with Crippen molar-refractivity contribution in [2.75, 3.05) is 6.54 Å². The first-order valence-electron chi connectivity index (χ1n) is 20.9. The molecule has 0 radical (unpaired) electrons. The molecule has 300 valence electrons. The third kappa shape index (κ3) is 5.92. The molecule has 2 aliphatic heterocycles. The quantitative estimate of drug-likeness (QED) is 0.0858. The number of hydrogen-bond donors (Lipinski definition) is 6. The van der Waals surface area contributed by atoms with Gasteiger partial charge in [-0.3, -0.25) is 9.80 Å². The van der Waals surface area contributed by atoms with Crippen LogP contribution < -0.4 is 11.5 Å². The predicted molar refractivity (Wildman–Crippen MR) is 217 cm³/mol. The molecular weight excluding hydrogens is 723 g/mol. The number of fused-ring (bicyclic) bond motifs is 6. The number of imidazole rings is 2. The van der Waals surface area contributed by atoms with Gasteiger partial charge < -0.3 is 31.6 Å². The van der Waals surface area contributed by atoms with E-state index in [9.17, 15) is 10.2 Å². The van der Waals surface area contributed by atoms with Crippen molar-refractivity contribution >= 4 is 11.0 Å². The van der Waals surface area contributed by atoms with Crippen LogP contribution in [0.5, 0.6) is 0 Å². The molecule has 10 nitrogen and oxygen atoms in total. The lowest BCUT2D eigenvalue weighted by molar-refractivity contribution is -0.0718. The number of aliphatic hydroxyl groups is 2. The van der Waals surface area contributed by atoms with E-state index in [1.54, 1.807) is 24.4 Å². The average Bonchev–Trinajstić information content (AvgIpc) is 3.85. The van der Waals surface area contributed by atoms with Crippen molar-refractivity contribution < 1.29 is 19.0 Å². The van der Waals surface area contributed by atoms with Crippen molar-refractivity contribution in [1.82, 2.24) is 29.7 Å². The van der Waals surface area contributed by atoms with E-state index in [0.717, 1.165) is 73.3 Å². The lowest BCUT2D eigenvalue weighted by Crippen LogP contribution is -2.53. The minimum Gasteiger partial charge on any atom is -0.377 e. The fraction of sp³-hybridized carbons (Fsp3) is 0.511. The fourth-order valence-electron chi connectivity index (χ4n) is 10.6. The molecule has 57 heavy (non-hydrogen) atoms. The Morgan fingerprint density at radius 3 is 2.16 bits per heavy atom. The number of piperidine rings is 1. The maximum absolute atomic E-state index is 16.5. The third-order valence-corrected chi connectivity index (χ3v) is 14.4. The van der Waals surface area contributed by atoms with Crippen LogP contribution in [0.2, 0.25) is 0 Å². The minimum absolute atomic E-state index is 0.0113. The van der Waals surface area contributed by atoms with Crippen LogP contribution in [0, 0.1) is 23.2 Å². The first kappa shape index (κ1) is 37.2. The van der Waals surface area contributed by atoms with Crippen LogP contribution in [-0.2, 0) is 5.92 Å². The number of alkyl halides is 2. The summed E-state index contributed by atoms with van der Waals surface area (Å²) in [6, 6.07) is 15.8. The molecule has 5 aliphatic rings. The number of nitrogens with zero attached hydrogens (tertiary/aromatic N) is 4. The van der Waals surface area contributed by atoms with Crippen LogP contribution in [0.1, 0.15) is 101 Å². The molecule has 4 heterocycles. The zero-order valence-electron chi connectivity index (χ0n) is 33.1. The summed E-state index contributed by atoms with van der Waals surface area (Å²) >= 11 is 0. The molecule has 3 aliphatic carbocycles. The first-order chi connectivity index (χ1) is 27.2. The summed E-state index contributed by atoms with van der Waals surface area (Å²) in [6.45, 7) is 8.87. The summed E-state index contributed by atoms with van der Waals surface area (Å²) in [6.07, 6.45) is 6.45. The molecule has 8 N–H and O–H groups in total. The molecule has 5 aromatic rings. The largest absolute Gasteiger partial charge is 0.377 e. The van der Waals surface area contributed by atoms with Gasteiger partial charge in [0.05, 0.1) is 35.0 Å². The number of aromatic nitrogens is 4. The molecule has 0 amide bonds. The van der Waals surface area contributed by atoms with E-state index in [4.69, 9.17) is 21.4 Å². The smallest absolute Gasteiger partial charge is 0.299 e. The van der Waals surface area contributed by atoms with Gasteiger partial charge in [-0.2, -0.15) is 8.78 Å². The normalized spacial score (nSPS) is 26.8. The van der Waals surface area contributed by atoms with E-state index in [2.05, 4.69) is 19.8 Å². The number of nitrogens with two attached hydrogens (primary N) is 2. The van der Waals surface area contributed by atoms with E-state index >= 15 is 8.78 Å². The molecule has 4 fully saturated rings. The van der Waals surface area contributed by atoms with Crippen molar-refractivity contribution in [1.29, 1.82) is 0 Å². The van der Waals surface area contributed by atoms with Crippen molar-refractivity contribution in [2.45, 2.75) is 115 Å². The Kier molecular flexibility index (Phi) is 8.65. The number of hydrogen-bond acceptors (Lipinski definition) is 8. The van der Waals surface area contributed by atoms with Crippen LogP contribution in [0.3, 0.4) is 0 Å². The maximum Gasteiger partial charge on any atom is 0.299 e. The maximum atomic E-state index is 16.5. The molecule has 10 rings (SSSR count). The van der Waals surface area contributed by atoms with Crippen molar-refractivity contribution in [3.8, 4) is 33.5 Å². The molecule has 2 saturated carbocycles. The molecule has 3 aromatic carbocycles. The Morgan fingerprint density at radius 2 is 1.46 bits per heavy atom. The van der Waals surface area contributed by atoms with Gasteiger partial charge in [-0.15, -0.1) is 0 Å². The predicted octanol–water partition coefficient (Wildman–Crippen LogP) is 7.40. The summed E-state index contributed by atoms with van der Waals surface area (Å²) < 4.78 is 33.1. The highest BCUT2D eigenvalue weighted by molar-refractivity contribution is 5.87. The zero-order chi connectivity index (χ0) is 39.7. The first-order valence-corrected chi connectivity index (χ1v) is 20.9. The van der Waals surface area contributed by atoms with E-state index in [1.165, 1.54) is 0 Å². The minimum atomic E-state index is -3.20. The van der Waals surface area contributed by atoms with Gasteiger partial charge in [0.1, 0.15) is 24.1 Å². The van der Waals surface area contributed by atoms with Gasteiger partial charge in [-0.25, -0.2) is 9.97 Å². The highest BCUT2D eigenvalue weighted by atomic mass is 19.3. The Hall–Kier alpha value is -4.04. The summed E-state index contributed by atoms with van der Waals surface area (Å²) in [5, 5.41) is 22.6. The van der Waals surface area contributed by atoms with Crippen LogP contribution in [0.15, 0.2) is 60.8 Å². The molecule has 2 unspecified atom stereocenters. The van der Waals surface area contributed by atoms with Gasteiger partial charge in [0.15, 0.2) is 0 Å². The van der Waals surface area contributed by atoms with Gasteiger partial charge in [-0.1, -0.05) is 58.0 Å². The zero-order valence-corrected chi connectivity index (χ0v) is 33.1. The highest BCUT2D eigenvalue weighted by Gasteiger charge is 2.55. The number of aromatic amines is 2. The number of rotatable bonds is 10. The number of nitrogens with one attached hydrogen (secondary N) is 2. The van der Waals surface area contributed by atoms with Crippen molar-refractivity contribution in [3.05, 3.63) is 83.6 Å².